The fraction of sp³-hybridized carbons (Fsp3) is 0.526. The van der Waals surface area contributed by atoms with Crippen LogP contribution < -0.4 is 10.1 Å². The average Bonchev–Trinajstić information content (AvgIpc) is 2.54. The Morgan fingerprint density at radius 1 is 1.08 bits per heavy atom. The molecule has 1 atom stereocenters. The summed E-state index contributed by atoms with van der Waals surface area (Å²) >= 11 is 0. The molecule has 1 aromatic carbocycles. The van der Waals surface area contributed by atoms with Gasteiger partial charge in [-0.1, -0.05) is 13.8 Å². The van der Waals surface area contributed by atoms with E-state index in [1.807, 2.05) is 26.8 Å². The van der Waals surface area contributed by atoms with Crippen molar-refractivity contribution >= 4 is 17.8 Å². The van der Waals surface area contributed by atoms with E-state index in [-0.39, 0.29) is 11.9 Å². The number of carbonyl (C=O) groups is 3. The Hall–Kier alpha value is -2.37. The van der Waals surface area contributed by atoms with Crippen LogP contribution in [0.15, 0.2) is 6.07 Å². The third kappa shape index (κ3) is 5.31. The summed E-state index contributed by atoms with van der Waals surface area (Å²) < 4.78 is 10.2. The molecular weight excluding hydrogens is 322 g/mol. The second-order valence-corrected chi connectivity index (χ2v) is 5.91. The van der Waals surface area contributed by atoms with E-state index >= 15 is 0 Å². The molecule has 0 aromatic heterocycles. The molecule has 0 spiro atoms. The third-order valence-electron chi connectivity index (χ3n) is 4.08. The monoisotopic (exact) mass is 349 g/mol. The fourth-order valence-corrected chi connectivity index (χ4v) is 3.07. The summed E-state index contributed by atoms with van der Waals surface area (Å²) in [6, 6.07) is 1.06. The van der Waals surface area contributed by atoms with E-state index in [4.69, 9.17) is 9.47 Å². The van der Waals surface area contributed by atoms with E-state index in [0.29, 0.717) is 18.6 Å². The molecule has 1 amide bonds. The summed E-state index contributed by atoms with van der Waals surface area (Å²) in [6.45, 7) is 8.65. The van der Waals surface area contributed by atoms with Crippen LogP contribution in [0.5, 0.6) is 5.75 Å². The van der Waals surface area contributed by atoms with E-state index in [1.165, 1.54) is 21.0 Å². The smallest absolute Gasteiger partial charge is 0.328 e. The topological polar surface area (TPSA) is 81.7 Å². The van der Waals surface area contributed by atoms with Crippen LogP contribution in [0.3, 0.4) is 0 Å². The van der Waals surface area contributed by atoms with Gasteiger partial charge in [-0.25, -0.2) is 4.79 Å². The number of hydrogen-bond donors (Lipinski definition) is 1. The zero-order valence-corrected chi connectivity index (χ0v) is 15.8. The van der Waals surface area contributed by atoms with E-state index in [2.05, 4.69) is 5.32 Å². The van der Waals surface area contributed by atoms with Gasteiger partial charge < -0.3 is 14.8 Å². The predicted octanol–water partition coefficient (Wildman–Crippen LogP) is 2.27. The quantitative estimate of drug-likeness (QED) is 0.603. The minimum atomic E-state index is -0.754. The van der Waals surface area contributed by atoms with Gasteiger partial charge in [0.2, 0.25) is 5.91 Å². The molecule has 0 saturated carbocycles. The molecule has 0 saturated heterocycles. The van der Waals surface area contributed by atoms with Gasteiger partial charge in [0.05, 0.1) is 7.11 Å². The van der Waals surface area contributed by atoms with Crippen molar-refractivity contribution in [3.63, 3.8) is 0 Å². The number of methoxy groups -OCH3 is 1. The number of esters is 2. The molecule has 6 heteroatoms. The van der Waals surface area contributed by atoms with Crippen LogP contribution in [-0.2, 0) is 38.4 Å². The van der Waals surface area contributed by atoms with Crippen molar-refractivity contribution in [2.75, 3.05) is 7.11 Å². The highest BCUT2D eigenvalue weighted by Gasteiger charge is 2.24. The number of rotatable bonds is 7. The molecule has 1 aromatic rings. The van der Waals surface area contributed by atoms with Crippen molar-refractivity contribution in [1.29, 1.82) is 0 Å². The lowest BCUT2D eigenvalue weighted by Crippen LogP contribution is -2.42. The van der Waals surface area contributed by atoms with E-state index < -0.39 is 12.0 Å². The second kappa shape index (κ2) is 9.20. The average molecular weight is 349 g/mol. The van der Waals surface area contributed by atoms with E-state index in [9.17, 15) is 14.4 Å². The minimum Gasteiger partial charge on any atom is -0.467 e. The third-order valence-corrected chi connectivity index (χ3v) is 4.08. The summed E-state index contributed by atoms with van der Waals surface area (Å²) in [6.07, 6.45) is 1.75. The van der Waals surface area contributed by atoms with E-state index in [1.54, 1.807) is 0 Å². The standard InChI is InChI=1S/C19H27NO5/c1-7-14-15(8-2)18(25-13(5)22)9-11(3)16(14)10-17(19(23)24-6)20-12(4)21/h9,17H,7-8,10H2,1-6H3,(H,20,21)/t17-/m0/s1. The molecule has 0 aliphatic rings. The van der Waals surface area contributed by atoms with Crippen LogP contribution in [0.25, 0.3) is 0 Å². The minimum absolute atomic E-state index is 0.293. The molecule has 0 aliphatic heterocycles. The van der Waals surface area contributed by atoms with Crippen LogP contribution in [-0.4, -0.2) is 31.0 Å². The molecule has 138 valence electrons. The highest BCUT2D eigenvalue weighted by molar-refractivity contribution is 5.83. The second-order valence-electron chi connectivity index (χ2n) is 5.91. The Morgan fingerprint density at radius 3 is 2.12 bits per heavy atom. The highest BCUT2D eigenvalue weighted by Crippen LogP contribution is 2.31. The van der Waals surface area contributed by atoms with Crippen molar-refractivity contribution in [2.24, 2.45) is 0 Å². The SMILES string of the molecule is CCc1c(OC(C)=O)cc(C)c(C[C@H](NC(C)=O)C(=O)OC)c1CC. The molecule has 0 heterocycles. The lowest BCUT2D eigenvalue weighted by Gasteiger charge is -2.22. The number of ether oxygens (including phenoxy) is 2. The van der Waals surface area contributed by atoms with Crippen LogP contribution >= 0.6 is 0 Å². The fourth-order valence-electron chi connectivity index (χ4n) is 3.07. The summed E-state index contributed by atoms with van der Waals surface area (Å²) in [5.41, 5.74) is 3.87. The maximum atomic E-state index is 12.0. The summed E-state index contributed by atoms with van der Waals surface area (Å²) in [5, 5.41) is 2.64. The Morgan fingerprint density at radius 2 is 1.68 bits per heavy atom. The first-order chi connectivity index (χ1) is 11.7. The molecule has 0 unspecified atom stereocenters. The van der Waals surface area contributed by atoms with Gasteiger partial charge in [-0.05, 0) is 48.1 Å². The van der Waals surface area contributed by atoms with Crippen LogP contribution in [0.1, 0.15) is 49.9 Å². The number of benzene rings is 1. The largest absolute Gasteiger partial charge is 0.467 e. The van der Waals surface area contributed by atoms with Crippen LogP contribution in [0, 0.1) is 6.92 Å². The lowest BCUT2D eigenvalue weighted by molar-refractivity contribution is -0.144. The van der Waals surface area contributed by atoms with Crippen molar-refractivity contribution in [3.05, 3.63) is 28.3 Å². The zero-order valence-electron chi connectivity index (χ0n) is 15.8. The molecule has 0 aliphatic carbocycles. The van der Waals surface area contributed by atoms with Crippen LogP contribution in [0.4, 0.5) is 0 Å². The van der Waals surface area contributed by atoms with Gasteiger partial charge in [0.15, 0.2) is 0 Å². The molecule has 0 fully saturated rings. The number of aryl methyl sites for hydroxylation is 1. The Balaban J connectivity index is 3.40. The Kier molecular flexibility index (Phi) is 7.61. The van der Waals surface area contributed by atoms with E-state index in [0.717, 1.165) is 28.7 Å². The molecule has 1 rings (SSSR count). The van der Waals surface area contributed by atoms with Crippen molar-refractivity contribution in [2.45, 2.75) is 59.9 Å². The predicted molar refractivity (Wildman–Crippen MR) is 94.6 cm³/mol. The zero-order chi connectivity index (χ0) is 19.1. The normalized spacial score (nSPS) is 11.6. The summed E-state index contributed by atoms with van der Waals surface area (Å²) in [5.74, 6) is -0.589. The number of nitrogens with one attached hydrogen (secondary N) is 1. The van der Waals surface area contributed by atoms with Gasteiger partial charge in [-0.15, -0.1) is 0 Å². The first kappa shape index (κ1) is 20.7. The lowest BCUT2D eigenvalue weighted by atomic mass is 9.88. The highest BCUT2D eigenvalue weighted by atomic mass is 16.5. The van der Waals surface area contributed by atoms with Gasteiger partial charge in [0.1, 0.15) is 11.8 Å². The summed E-state index contributed by atoms with van der Waals surface area (Å²) in [4.78, 5) is 34.8. The maximum absolute atomic E-state index is 12.0. The van der Waals surface area contributed by atoms with Crippen LogP contribution in [0.2, 0.25) is 0 Å². The van der Waals surface area contributed by atoms with Crippen molar-refractivity contribution < 1.29 is 23.9 Å². The van der Waals surface area contributed by atoms with Gasteiger partial charge in [-0.3, -0.25) is 9.59 Å². The van der Waals surface area contributed by atoms with Gasteiger partial charge in [0, 0.05) is 20.3 Å². The molecule has 1 N–H and O–H groups in total. The first-order valence-corrected chi connectivity index (χ1v) is 8.42. The molecule has 0 bridgehead atoms. The summed E-state index contributed by atoms with van der Waals surface area (Å²) in [7, 11) is 1.30. The molecule has 6 nitrogen and oxygen atoms in total. The Labute approximate surface area is 148 Å². The molecule has 25 heavy (non-hydrogen) atoms. The van der Waals surface area contributed by atoms with Crippen molar-refractivity contribution in [1.82, 2.24) is 5.32 Å². The Bertz CT molecular complexity index is 666. The molecule has 0 radical (unpaired) electrons. The first-order valence-electron chi connectivity index (χ1n) is 8.42. The number of hydrogen-bond acceptors (Lipinski definition) is 5. The number of amides is 1. The van der Waals surface area contributed by atoms with Crippen molar-refractivity contribution in [3.8, 4) is 5.75 Å². The number of carbonyl (C=O) groups excluding carboxylic acids is 3. The van der Waals surface area contributed by atoms with Gasteiger partial charge >= 0.3 is 11.9 Å². The molecular formula is C19H27NO5. The van der Waals surface area contributed by atoms with Gasteiger partial charge in [0.25, 0.3) is 0 Å². The van der Waals surface area contributed by atoms with Gasteiger partial charge in [-0.2, -0.15) is 0 Å². The maximum Gasteiger partial charge on any atom is 0.328 e.